The Labute approximate surface area is 140 Å². The monoisotopic (exact) mass is 316 g/mol. The quantitative estimate of drug-likeness (QED) is 0.465. The second-order valence-corrected chi connectivity index (χ2v) is 5.23. The normalized spacial score (nSPS) is 10.2. The highest BCUT2D eigenvalue weighted by molar-refractivity contribution is 5.95. The van der Waals surface area contributed by atoms with Crippen molar-refractivity contribution in [2.75, 3.05) is 13.2 Å². The van der Waals surface area contributed by atoms with Crippen molar-refractivity contribution in [2.45, 2.75) is 46.5 Å². The molecular formula is C20H28O3. The Bertz CT molecular complexity index is 558. The van der Waals surface area contributed by atoms with Crippen molar-refractivity contribution in [2.24, 2.45) is 0 Å². The molecule has 0 amide bonds. The van der Waals surface area contributed by atoms with Crippen LogP contribution in [0.1, 0.15) is 54.2 Å². The highest BCUT2D eigenvalue weighted by Gasteiger charge is 2.23. The largest absolute Gasteiger partial charge is 0.488 e. The molecule has 1 rings (SSSR count). The molecule has 0 saturated carbocycles. The summed E-state index contributed by atoms with van der Waals surface area (Å²) in [5.74, 6) is 0.340. The van der Waals surface area contributed by atoms with Crippen molar-refractivity contribution in [1.82, 2.24) is 0 Å². The molecule has 0 N–H and O–H groups in total. The van der Waals surface area contributed by atoms with Gasteiger partial charge in [-0.15, -0.1) is 6.58 Å². The molecule has 0 bridgehead atoms. The summed E-state index contributed by atoms with van der Waals surface area (Å²) in [6, 6.07) is 2.12. The molecule has 0 heterocycles. The third kappa shape index (κ3) is 4.72. The van der Waals surface area contributed by atoms with Crippen molar-refractivity contribution in [3.05, 3.63) is 53.6 Å². The van der Waals surface area contributed by atoms with Gasteiger partial charge < -0.3 is 9.47 Å². The molecule has 3 nitrogen and oxygen atoms in total. The molecule has 1 aromatic carbocycles. The highest BCUT2D eigenvalue weighted by Crippen LogP contribution is 2.33. The average molecular weight is 316 g/mol. The first-order chi connectivity index (χ1) is 11.1. The van der Waals surface area contributed by atoms with Gasteiger partial charge in [0.2, 0.25) is 0 Å². The number of carbonyl (C=O) groups is 1. The second-order valence-electron chi connectivity index (χ2n) is 5.23. The smallest absolute Gasteiger partial charge is 0.342 e. The molecule has 0 aliphatic heterocycles. The summed E-state index contributed by atoms with van der Waals surface area (Å²) in [5.41, 5.74) is 3.83. The number of ether oxygens (including phenoxy) is 2. The van der Waals surface area contributed by atoms with E-state index < -0.39 is 0 Å². The summed E-state index contributed by atoms with van der Waals surface area (Å²) in [6.07, 6.45) is 6.87. The molecule has 23 heavy (non-hydrogen) atoms. The van der Waals surface area contributed by atoms with Crippen molar-refractivity contribution in [3.63, 3.8) is 0 Å². The Balaban J connectivity index is 3.56. The number of rotatable bonds is 10. The van der Waals surface area contributed by atoms with Crippen molar-refractivity contribution >= 4 is 5.97 Å². The summed E-state index contributed by atoms with van der Waals surface area (Å²) in [4.78, 5) is 12.5. The summed E-state index contributed by atoms with van der Waals surface area (Å²) in [5, 5.41) is 0. The van der Waals surface area contributed by atoms with Gasteiger partial charge in [-0.3, -0.25) is 0 Å². The van der Waals surface area contributed by atoms with Gasteiger partial charge in [0.1, 0.15) is 17.9 Å². The van der Waals surface area contributed by atoms with E-state index in [1.807, 2.05) is 19.9 Å². The van der Waals surface area contributed by atoms with Crippen LogP contribution in [0.15, 0.2) is 31.4 Å². The third-order valence-electron chi connectivity index (χ3n) is 3.74. The van der Waals surface area contributed by atoms with E-state index in [9.17, 15) is 4.79 Å². The minimum Gasteiger partial charge on any atom is -0.488 e. The van der Waals surface area contributed by atoms with E-state index in [1.165, 1.54) is 5.56 Å². The molecule has 1 aromatic rings. The second kappa shape index (κ2) is 9.88. The molecule has 0 spiro atoms. The van der Waals surface area contributed by atoms with Crippen LogP contribution < -0.4 is 4.74 Å². The van der Waals surface area contributed by atoms with Crippen LogP contribution in [0.25, 0.3) is 0 Å². The fourth-order valence-electron chi connectivity index (χ4n) is 2.66. The van der Waals surface area contributed by atoms with Crippen LogP contribution >= 0.6 is 0 Å². The fraction of sp³-hybridized carbons (Fsp3) is 0.450. The predicted octanol–water partition coefficient (Wildman–Crippen LogP) is 4.67. The molecular weight excluding hydrogens is 288 g/mol. The maximum Gasteiger partial charge on any atom is 0.342 e. The zero-order valence-corrected chi connectivity index (χ0v) is 14.6. The van der Waals surface area contributed by atoms with Crippen molar-refractivity contribution in [3.8, 4) is 5.75 Å². The van der Waals surface area contributed by atoms with Gasteiger partial charge in [0.05, 0.1) is 6.61 Å². The van der Waals surface area contributed by atoms with E-state index in [0.717, 1.165) is 36.8 Å². The predicted molar refractivity (Wildman–Crippen MR) is 95.4 cm³/mol. The first kappa shape index (κ1) is 19.0. The summed E-state index contributed by atoms with van der Waals surface area (Å²) in [6.45, 7) is 14.2. The van der Waals surface area contributed by atoms with Crippen LogP contribution in [0, 0.1) is 0 Å². The summed E-state index contributed by atoms with van der Waals surface area (Å²) < 4.78 is 11.2. The number of hydrogen-bond acceptors (Lipinski definition) is 3. The van der Waals surface area contributed by atoms with Gasteiger partial charge in [0, 0.05) is 0 Å². The molecule has 0 atom stereocenters. The minimum absolute atomic E-state index is 0.314. The number of esters is 1. The molecule has 3 heteroatoms. The lowest BCUT2D eigenvalue weighted by Crippen LogP contribution is -2.14. The molecule has 126 valence electrons. The fourth-order valence-corrected chi connectivity index (χ4v) is 2.66. The lowest BCUT2D eigenvalue weighted by atomic mass is 9.91. The molecule has 0 aliphatic rings. The van der Waals surface area contributed by atoms with Crippen LogP contribution in [0.5, 0.6) is 5.75 Å². The Hall–Kier alpha value is -2.03. The van der Waals surface area contributed by atoms with E-state index in [0.29, 0.717) is 24.5 Å². The Morgan fingerprint density at radius 3 is 2.35 bits per heavy atom. The van der Waals surface area contributed by atoms with Crippen molar-refractivity contribution in [1.29, 1.82) is 0 Å². The van der Waals surface area contributed by atoms with Gasteiger partial charge in [-0.05, 0) is 49.3 Å². The minimum atomic E-state index is -0.314. The van der Waals surface area contributed by atoms with E-state index >= 15 is 0 Å². The lowest BCUT2D eigenvalue weighted by Gasteiger charge is -2.20. The average Bonchev–Trinajstić information content (AvgIpc) is 2.57. The van der Waals surface area contributed by atoms with Gasteiger partial charge in [0.25, 0.3) is 0 Å². The van der Waals surface area contributed by atoms with Crippen LogP contribution in [0.2, 0.25) is 0 Å². The van der Waals surface area contributed by atoms with Crippen molar-refractivity contribution < 1.29 is 14.3 Å². The number of allylic oxidation sites excluding steroid dienone is 1. The maximum atomic E-state index is 12.5. The molecule has 0 fully saturated rings. The maximum absolute atomic E-state index is 12.5. The molecule has 0 unspecified atom stereocenters. The molecule has 0 saturated heterocycles. The third-order valence-corrected chi connectivity index (χ3v) is 3.74. The van der Waals surface area contributed by atoms with Gasteiger partial charge in [-0.1, -0.05) is 38.6 Å². The number of carbonyl (C=O) groups excluding carboxylic acids is 1. The first-order valence-corrected chi connectivity index (χ1v) is 8.33. The number of benzene rings is 1. The van der Waals surface area contributed by atoms with Crippen LogP contribution in [-0.2, 0) is 24.0 Å². The zero-order valence-electron chi connectivity index (χ0n) is 14.6. The Morgan fingerprint density at radius 1 is 1.13 bits per heavy atom. The first-order valence-electron chi connectivity index (χ1n) is 8.33. The standard InChI is InChI=1S/C20H28O3/c1-6-11-12-17-15(8-3)14-16(9-4)18(20(21)22-10-5)19(17)23-13-7-2/h6-7,14H,1-2,8-13H2,3-5H3. The lowest BCUT2D eigenvalue weighted by molar-refractivity contribution is 0.0520. The van der Waals surface area contributed by atoms with E-state index in [1.54, 1.807) is 6.08 Å². The van der Waals surface area contributed by atoms with E-state index in [-0.39, 0.29) is 5.97 Å². The van der Waals surface area contributed by atoms with E-state index in [4.69, 9.17) is 9.47 Å². The van der Waals surface area contributed by atoms with Gasteiger partial charge in [-0.25, -0.2) is 4.79 Å². The number of hydrogen-bond donors (Lipinski definition) is 0. The number of aryl methyl sites for hydroxylation is 2. The molecule has 0 aromatic heterocycles. The highest BCUT2D eigenvalue weighted by atomic mass is 16.5. The summed E-state index contributed by atoms with van der Waals surface area (Å²) in [7, 11) is 0. The van der Waals surface area contributed by atoms with Gasteiger partial charge in [0.15, 0.2) is 0 Å². The van der Waals surface area contributed by atoms with Crippen LogP contribution in [0.4, 0.5) is 0 Å². The molecule has 0 radical (unpaired) electrons. The van der Waals surface area contributed by atoms with Gasteiger partial charge >= 0.3 is 5.97 Å². The van der Waals surface area contributed by atoms with E-state index in [2.05, 4.69) is 26.1 Å². The SMILES string of the molecule is C=CCCc1c(CC)cc(CC)c(C(=O)OCC)c1OCC=C. The Kier molecular flexibility index (Phi) is 8.17. The zero-order chi connectivity index (χ0) is 17.2. The molecule has 0 aliphatic carbocycles. The topological polar surface area (TPSA) is 35.5 Å². The van der Waals surface area contributed by atoms with Crippen LogP contribution in [0.3, 0.4) is 0 Å². The summed E-state index contributed by atoms with van der Waals surface area (Å²) >= 11 is 0. The van der Waals surface area contributed by atoms with Crippen LogP contribution in [-0.4, -0.2) is 19.2 Å². The Morgan fingerprint density at radius 2 is 1.83 bits per heavy atom. The van der Waals surface area contributed by atoms with Gasteiger partial charge in [-0.2, -0.15) is 0 Å².